The Kier molecular flexibility index (Phi) is 8.90. The van der Waals surface area contributed by atoms with Gasteiger partial charge in [0.25, 0.3) is 5.91 Å². The number of pyridine rings is 1. The van der Waals surface area contributed by atoms with E-state index in [0.29, 0.717) is 24.0 Å². The fourth-order valence-electron chi connectivity index (χ4n) is 3.03. The molecule has 0 aliphatic carbocycles. The number of ether oxygens (including phenoxy) is 1. The highest BCUT2D eigenvalue weighted by molar-refractivity contribution is 6.09. The van der Waals surface area contributed by atoms with Crippen molar-refractivity contribution in [3.8, 4) is 5.88 Å². The number of carbonyl (C=O) groups excluding carboxylic acids is 1. The van der Waals surface area contributed by atoms with Gasteiger partial charge >= 0.3 is 6.18 Å². The number of amides is 1. The van der Waals surface area contributed by atoms with Crippen LogP contribution in [0.15, 0.2) is 66.5 Å². The first-order chi connectivity index (χ1) is 15.6. The lowest BCUT2D eigenvalue weighted by Crippen LogP contribution is -2.42. The number of hydrogen-bond donors (Lipinski definition) is 0. The number of carbonyl (C=O) groups is 1. The van der Waals surface area contributed by atoms with Gasteiger partial charge in [0.1, 0.15) is 12.4 Å². The number of likely N-dealkylation sites (N-methyl/N-ethyl adjacent to an activating group) is 1. The Labute approximate surface area is 190 Å². The van der Waals surface area contributed by atoms with Gasteiger partial charge < -0.3 is 9.64 Å². The van der Waals surface area contributed by atoms with Crippen LogP contribution in [-0.4, -0.2) is 40.7 Å². The molecule has 0 saturated heterocycles. The first-order valence-electron chi connectivity index (χ1n) is 10.2. The van der Waals surface area contributed by atoms with Crippen molar-refractivity contribution in [2.75, 3.05) is 13.2 Å². The Morgan fingerprint density at radius 1 is 1.27 bits per heavy atom. The molecular formula is C24H25F4N3O2. The van der Waals surface area contributed by atoms with Gasteiger partial charge in [-0.1, -0.05) is 12.7 Å². The summed E-state index contributed by atoms with van der Waals surface area (Å²) in [6.45, 7) is 9.03. The van der Waals surface area contributed by atoms with E-state index >= 15 is 0 Å². The number of rotatable bonds is 9. The number of nitrogens with zero attached hydrogens (tertiary/aromatic N) is 3. The Balaban J connectivity index is 2.20. The van der Waals surface area contributed by atoms with Gasteiger partial charge in [0.2, 0.25) is 5.88 Å². The molecule has 0 bridgehead atoms. The van der Waals surface area contributed by atoms with Crippen LogP contribution in [0.25, 0.3) is 0 Å². The minimum Gasteiger partial charge on any atom is -0.475 e. The summed E-state index contributed by atoms with van der Waals surface area (Å²) in [6, 6.07) is 5.42. The molecule has 0 N–H and O–H groups in total. The third kappa shape index (κ3) is 7.00. The van der Waals surface area contributed by atoms with Gasteiger partial charge in [-0.2, -0.15) is 13.2 Å². The highest BCUT2D eigenvalue weighted by atomic mass is 19.4. The summed E-state index contributed by atoms with van der Waals surface area (Å²) in [5.41, 5.74) is 0.257. The number of halogens is 4. The Hall–Kier alpha value is -3.49. The van der Waals surface area contributed by atoms with Crippen molar-refractivity contribution in [2.45, 2.75) is 33.0 Å². The molecule has 0 spiro atoms. The van der Waals surface area contributed by atoms with E-state index in [1.54, 1.807) is 32.9 Å². The monoisotopic (exact) mass is 463 g/mol. The van der Waals surface area contributed by atoms with E-state index in [9.17, 15) is 22.4 Å². The molecule has 0 aliphatic heterocycles. The minimum absolute atomic E-state index is 0.00165. The molecule has 2 rings (SSSR count). The maximum atomic E-state index is 14.0. The van der Waals surface area contributed by atoms with Crippen molar-refractivity contribution in [1.29, 1.82) is 0 Å². The molecule has 0 fully saturated rings. The van der Waals surface area contributed by atoms with Crippen LogP contribution in [0.2, 0.25) is 0 Å². The van der Waals surface area contributed by atoms with E-state index in [-0.39, 0.29) is 18.1 Å². The van der Waals surface area contributed by atoms with E-state index < -0.39 is 29.5 Å². The molecule has 9 heteroatoms. The van der Waals surface area contributed by atoms with Crippen LogP contribution in [0, 0.1) is 5.82 Å². The molecule has 1 aromatic carbocycles. The minimum atomic E-state index is -4.49. The maximum Gasteiger partial charge on any atom is 0.417 e. The third-order valence-electron chi connectivity index (χ3n) is 4.76. The molecule has 0 saturated carbocycles. The van der Waals surface area contributed by atoms with E-state index in [1.165, 1.54) is 23.2 Å². The summed E-state index contributed by atoms with van der Waals surface area (Å²) in [5.74, 6) is -0.988. The van der Waals surface area contributed by atoms with E-state index in [2.05, 4.69) is 16.6 Å². The van der Waals surface area contributed by atoms with Gasteiger partial charge in [0, 0.05) is 36.3 Å². The fraction of sp³-hybridized carbons (Fsp3) is 0.292. The number of alkyl halides is 3. The highest BCUT2D eigenvalue weighted by Crippen LogP contribution is 2.29. The van der Waals surface area contributed by atoms with Crippen LogP contribution >= 0.6 is 0 Å². The van der Waals surface area contributed by atoms with Crippen molar-refractivity contribution in [1.82, 2.24) is 9.88 Å². The summed E-state index contributed by atoms with van der Waals surface area (Å²) in [5, 5.41) is 0. The Morgan fingerprint density at radius 3 is 2.58 bits per heavy atom. The molecule has 0 radical (unpaired) electrons. The maximum absolute atomic E-state index is 14.0. The van der Waals surface area contributed by atoms with Crippen LogP contribution in [0.4, 0.5) is 17.6 Å². The average Bonchev–Trinajstić information content (AvgIpc) is 2.77. The zero-order chi connectivity index (χ0) is 24.6. The van der Waals surface area contributed by atoms with Crippen molar-refractivity contribution in [3.05, 3.63) is 84.0 Å². The second-order valence-corrected chi connectivity index (χ2v) is 7.12. The van der Waals surface area contributed by atoms with E-state index in [1.807, 2.05) is 0 Å². The summed E-state index contributed by atoms with van der Waals surface area (Å²) < 4.78 is 57.5. The quantitative estimate of drug-likeness (QED) is 0.273. The van der Waals surface area contributed by atoms with Gasteiger partial charge in [0.15, 0.2) is 0 Å². The fourth-order valence-corrected chi connectivity index (χ4v) is 3.03. The van der Waals surface area contributed by atoms with Gasteiger partial charge in [-0.05, 0) is 51.1 Å². The van der Waals surface area contributed by atoms with Crippen molar-refractivity contribution >= 4 is 11.6 Å². The van der Waals surface area contributed by atoms with Crippen molar-refractivity contribution in [3.63, 3.8) is 0 Å². The summed E-state index contributed by atoms with van der Waals surface area (Å²) >= 11 is 0. The standard InChI is InChI=1S/C24H25F4N3O2/c1-5-7-12-29-17(4)20-10-9-19(25)13-21(20)23(32)31(6-2)16(3)15-33-22-11-8-18(14-30-22)24(26,27)28/h5,7-14,16H,1,6,15H2,2-4H3/b12-7-,29-17?. The molecule has 1 aromatic heterocycles. The van der Waals surface area contributed by atoms with Crippen molar-refractivity contribution < 1.29 is 27.1 Å². The predicted molar refractivity (Wildman–Crippen MR) is 119 cm³/mol. The summed E-state index contributed by atoms with van der Waals surface area (Å²) in [4.78, 5) is 22.7. The summed E-state index contributed by atoms with van der Waals surface area (Å²) in [7, 11) is 0. The second-order valence-electron chi connectivity index (χ2n) is 7.12. The van der Waals surface area contributed by atoms with Gasteiger partial charge in [-0.15, -0.1) is 0 Å². The molecule has 176 valence electrons. The number of aliphatic imine (C=N–C) groups is 1. The highest BCUT2D eigenvalue weighted by Gasteiger charge is 2.31. The molecule has 1 atom stereocenters. The number of allylic oxidation sites excluding steroid dienone is 2. The lowest BCUT2D eigenvalue weighted by Gasteiger charge is -2.28. The molecule has 5 nitrogen and oxygen atoms in total. The Bertz CT molecular complexity index is 1030. The first kappa shape index (κ1) is 25.8. The first-order valence-corrected chi connectivity index (χ1v) is 10.2. The molecular weight excluding hydrogens is 438 g/mol. The topological polar surface area (TPSA) is 54.8 Å². The zero-order valence-electron chi connectivity index (χ0n) is 18.6. The largest absolute Gasteiger partial charge is 0.475 e. The normalized spacial score (nSPS) is 13.1. The predicted octanol–water partition coefficient (Wildman–Crippen LogP) is 5.68. The number of aromatic nitrogens is 1. The average molecular weight is 463 g/mol. The molecule has 0 aliphatic rings. The van der Waals surface area contributed by atoms with Crippen molar-refractivity contribution in [2.24, 2.45) is 4.99 Å². The molecule has 1 amide bonds. The van der Waals surface area contributed by atoms with Crippen LogP contribution in [0.5, 0.6) is 5.88 Å². The van der Waals surface area contributed by atoms with Gasteiger partial charge in [-0.25, -0.2) is 9.37 Å². The van der Waals surface area contributed by atoms with Crippen LogP contribution in [-0.2, 0) is 6.18 Å². The number of benzene rings is 1. The molecule has 1 unspecified atom stereocenters. The lowest BCUT2D eigenvalue weighted by atomic mass is 10.0. The van der Waals surface area contributed by atoms with Gasteiger partial charge in [-0.3, -0.25) is 9.79 Å². The van der Waals surface area contributed by atoms with Crippen LogP contribution in [0.3, 0.4) is 0 Å². The lowest BCUT2D eigenvalue weighted by molar-refractivity contribution is -0.137. The SMILES string of the molecule is C=C/C=C\N=C(C)c1ccc(F)cc1C(=O)N(CC)C(C)COc1ccc(C(F)(F)F)cn1. The molecule has 2 aromatic rings. The second kappa shape index (κ2) is 11.4. The van der Waals surface area contributed by atoms with Gasteiger partial charge in [0.05, 0.1) is 17.2 Å². The molecule has 33 heavy (non-hydrogen) atoms. The Morgan fingerprint density at radius 2 is 2.00 bits per heavy atom. The summed E-state index contributed by atoms with van der Waals surface area (Å²) in [6.07, 6.45) is 0.895. The molecule has 1 heterocycles. The smallest absolute Gasteiger partial charge is 0.417 e. The van der Waals surface area contributed by atoms with E-state index in [0.717, 1.165) is 18.2 Å². The third-order valence-corrected chi connectivity index (χ3v) is 4.76. The van der Waals surface area contributed by atoms with E-state index in [4.69, 9.17) is 4.74 Å². The number of hydrogen-bond acceptors (Lipinski definition) is 4. The zero-order valence-corrected chi connectivity index (χ0v) is 18.6. The van der Waals surface area contributed by atoms with Crippen LogP contribution < -0.4 is 4.74 Å². The van der Waals surface area contributed by atoms with Crippen LogP contribution in [0.1, 0.15) is 42.3 Å².